The third-order valence-corrected chi connectivity index (χ3v) is 4.27. The largest absolute Gasteiger partial charge is 0.497 e. The molecule has 27 heavy (non-hydrogen) atoms. The summed E-state index contributed by atoms with van der Waals surface area (Å²) in [6.45, 7) is 1.44. The van der Waals surface area contributed by atoms with Crippen LogP contribution in [-0.4, -0.2) is 22.6 Å². The summed E-state index contributed by atoms with van der Waals surface area (Å²) >= 11 is 0. The Morgan fingerprint density at radius 2 is 2.00 bits per heavy atom. The van der Waals surface area contributed by atoms with Crippen molar-refractivity contribution in [3.8, 4) is 17.7 Å². The van der Waals surface area contributed by atoms with Gasteiger partial charge < -0.3 is 14.3 Å². The van der Waals surface area contributed by atoms with Crippen LogP contribution < -0.4 is 10.3 Å². The molecule has 3 rings (SSSR count). The average Bonchev–Trinajstić information content (AvgIpc) is 3.21. The summed E-state index contributed by atoms with van der Waals surface area (Å²) in [5.41, 5.74) is -0.185. The smallest absolute Gasteiger partial charge is 0.271 e. The summed E-state index contributed by atoms with van der Waals surface area (Å²) in [6, 6.07) is 11.7. The molecular formula is C20H16N2O5. The minimum atomic E-state index is -0.667. The van der Waals surface area contributed by atoms with Gasteiger partial charge in [0.15, 0.2) is 5.76 Å². The van der Waals surface area contributed by atoms with Crippen LogP contribution in [0.25, 0.3) is 0 Å². The Kier molecular flexibility index (Phi) is 4.81. The molecule has 2 heterocycles. The number of methoxy groups -OCH3 is 1. The number of ketones is 1. The van der Waals surface area contributed by atoms with E-state index in [-0.39, 0.29) is 29.0 Å². The van der Waals surface area contributed by atoms with E-state index >= 15 is 0 Å². The van der Waals surface area contributed by atoms with E-state index in [1.807, 2.05) is 6.07 Å². The van der Waals surface area contributed by atoms with Crippen LogP contribution in [0.2, 0.25) is 0 Å². The monoisotopic (exact) mass is 364 g/mol. The Hall–Kier alpha value is -3.79. The van der Waals surface area contributed by atoms with Crippen molar-refractivity contribution in [1.29, 1.82) is 5.26 Å². The summed E-state index contributed by atoms with van der Waals surface area (Å²) in [5.74, 6) is -0.457. The van der Waals surface area contributed by atoms with Crippen LogP contribution in [0.3, 0.4) is 0 Å². The zero-order valence-corrected chi connectivity index (χ0v) is 14.7. The number of nitrogens with zero attached hydrogens (tertiary/aromatic N) is 2. The second-order valence-corrected chi connectivity index (χ2v) is 5.86. The molecule has 7 nitrogen and oxygen atoms in total. The highest BCUT2D eigenvalue weighted by Gasteiger charge is 2.26. The lowest BCUT2D eigenvalue weighted by atomic mass is 10.00. The number of nitriles is 1. The van der Waals surface area contributed by atoms with Crippen LogP contribution in [0.15, 0.2) is 51.9 Å². The van der Waals surface area contributed by atoms with E-state index in [9.17, 15) is 20.0 Å². The van der Waals surface area contributed by atoms with E-state index < -0.39 is 17.2 Å². The van der Waals surface area contributed by atoms with E-state index in [1.165, 1.54) is 32.4 Å². The second-order valence-electron chi connectivity index (χ2n) is 5.86. The van der Waals surface area contributed by atoms with Crippen LogP contribution in [0, 0.1) is 18.3 Å². The van der Waals surface area contributed by atoms with Gasteiger partial charge in [-0.1, -0.05) is 12.1 Å². The number of ether oxygens (including phenoxy) is 1. The molecule has 0 amide bonds. The molecule has 0 aliphatic heterocycles. The molecule has 0 atom stereocenters. The quantitative estimate of drug-likeness (QED) is 0.698. The fraction of sp³-hybridized carbons (Fsp3) is 0.150. The number of aromatic hydroxyl groups is 1. The fourth-order valence-corrected chi connectivity index (χ4v) is 2.81. The summed E-state index contributed by atoms with van der Waals surface area (Å²) < 4.78 is 11.2. The lowest BCUT2D eigenvalue weighted by Gasteiger charge is -2.15. The maximum atomic E-state index is 12.7. The molecular weight excluding hydrogens is 348 g/mol. The Bertz CT molecular complexity index is 1090. The minimum Gasteiger partial charge on any atom is -0.497 e. The van der Waals surface area contributed by atoms with Gasteiger partial charge in [0, 0.05) is 0 Å². The second kappa shape index (κ2) is 7.22. The molecule has 1 N–H and O–H groups in total. The predicted octanol–water partition coefficient (Wildman–Crippen LogP) is 2.61. The molecule has 3 aromatic rings. The lowest BCUT2D eigenvalue weighted by molar-refractivity contribution is 0.100. The van der Waals surface area contributed by atoms with Crippen molar-refractivity contribution in [2.45, 2.75) is 13.5 Å². The van der Waals surface area contributed by atoms with E-state index in [0.717, 1.165) is 4.57 Å². The van der Waals surface area contributed by atoms with Crippen molar-refractivity contribution in [2.24, 2.45) is 0 Å². The number of benzene rings is 1. The molecule has 0 saturated heterocycles. The summed E-state index contributed by atoms with van der Waals surface area (Å²) in [6.07, 6.45) is 1.33. The highest BCUT2D eigenvalue weighted by atomic mass is 16.5. The highest BCUT2D eigenvalue weighted by Crippen LogP contribution is 2.26. The first-order valence-electron chi connectivity index (χ1n) is 8.05. The Balaban J connectivity index is 2.16. The van der Waals surface area contributed by atoms with Crippen LogP contribution in [0.5, 0.6) is 11.6 Å². The molecule has 0 aliphatic carbocycles. The van der Waals surface area contributed by atoms with E-state index in [1.54, 1.807) is 24.3 Å². The van der Waals surface area contributed by atoms with Gasteiger partial charge in [-0.2, -0.15) is 5.26 Å². The molecule has 0 unspecified atom stereocenters. The first-order chi connectivity index (χ1) is 13.0. The van der Waals surface area contributed by atoms with Crippen LogP contribution in [-0.2, 0) is 6.54 Å². The molecule has 0 fully saturated rings. The van der Waals surface area contributed by atoms with Gasteiger partial charge in [0.1, 0.15) is 17.4 Å². The SMILES string of the molecule is COc1ccc(Cn2c(O)c(C(=O)c3ccco3)c(C)c(C#N)c2=O)cc1. The number of carbonyl (C=O) groups excluding carboxylic acids is 1. The van der Waals surface area contributed by atoms with Crippen LogP contribution in [0.1, 0.15) is 32.8 Å². The maximum Gasteiger partial charge on any atom is 0.271 e. The van der Waals surface area contributed by atoms with Crippen molar-refractivity contribution in [2.75, 3.05) is 7.11 Å². The molecule has 0 aliphatic rings. The average molecular weight is 364 g/mol. The first-order valence-corrected chi connectivity index (χ1v) is 8.05. The molecule has 0 radical (unpaired) electrons. The summed E-state index contributed by atoms with van der Waals surface area (Å²) in [5, 5.41) is 20.1. The van der Waals surface area contributed by atoms with Crippen LogP contribution in [0.4, 0.5) is 0 Å². The summed E-state index contributed by atoms with van der Waals surface area (Å²) in [4.78, 5) is 25.4. The van der Waals surface area contributed by atoms with E-state index in [2.05, 4.69) is 0 Å². The zero-order valence-electron chi connectivity index (χ0n) is 14.7. The third kappa shape index (κ3) is 3.20. The maximum absolute atomic E-state index is 12.7. The van der Waals surface area contributed by atoms with Crippen molar-refractivity contribution < 1.29 is 19.1 Å². The summed E-state index contributed by atoms with van der Waals surface area (Å²) in [7, 11) is 1.54. The molecule has 1 aromatic carbocycles. The third-order valence-electron chi connectivity index (χ3n) is 4.27. The fourth-order valence-electron chi connectivity index (χ4n) is 2.81. The Morgan fingerprint density at radius 3 is 2.56 bits per heavy atom. The van der Waals surface area contributed by atoms with Gasteiger partial charge in [0.25, 0.3) is 5.56 Å². The number of carbonyl (C=O) groups is 1. The molecule has 0 spiro atoms. The van der Waals surface area contributed by atoms with Crippen molar-refractivity contribution >= 4 is 5.78 Å². The first kappa shape index (κ1) is 18.0. The number of hydrogen-bond acceptors (Lipinski definition) is 6. The molecule has 7 heteroatoms. The van der Waals surface area contributed by atoms with Gasteiger partial charge in [-0.05, 0) is 42.3 Å². The standard InChI is InChI=1S/C20H16N2O5/c1-12-15(10-21)19(24)22(11-13-5-7-14(26-2)8-6-13)20(25)17(12)18(23)16-4-3-9-27-16/h3-9,25H,11H2,1-2H3. The lowest BCUT2D eigenvalue weighted by Crippen LogP contribution is -2.27. The van der Waals surface area contributed by atoms with Crippen molar-refractivity contribution in [3.63, 3.8) is 0 Å². The predicted molar refractivity (Wildman–Crippen MR) is 96.1 cm³/mol. The van der Waals surface area contributed by atoms with E-state index in [4.69, 9.17) is 9.15 Å². The highest BCUT2D eigenvalue weighted by molar-refractivity contribution is 6.09. The Labute approximate surface area is 154 Å². The molecule has 136 valence electrons. The molecule has 0 bridgehead atoms. The van der Waals surface area contributed by atoms with E-state index in [0.29, 0.717) is 11.3 Å². The van der Waals surface area contributed by atoms with Gasteiger partial charge in [0.2, 0.25) is 11.7 Å². The topological polar surface area (TPSA) is 105 Å². The number of pyridine rings is 1. The number of rotatable bonds is 5. The van der Waals surface area contributed by atoms with Gasteiger partial charge in [-0.3, -0.25) is 14.2 Å². The normalized spacial score (nSPS) is 10.4. The number of furan rings is 1. The number of aromatic nitrogens is 1. The Morgan fingerprint density at radius 1 is 1.30 bits per heavy atom. The molecule has 2 aromatic heterocycles. The van der Waals surface area contributed by atoms with Gasteiger partial charge in [-0.15, -0.1) is 0 Å². The minimum absolute atomic E-state index is 0.00642. The van der Waals surface area contributed by atoms with Gasteiger partial charge >= 0.3 is 0 Å². The van der Waals surface area contributed by atoms with Gasteiger partial charge in [-0.25, -0.2) is 0 Å². The zero-order chi connectivity index (χ0) is 19.6. The van der Waals surface area contributed by atoms with Crippen molar-refractivity contribution in [3.05, 3.63) is 81.0 Å². The molecule has 0 saturated carbocycles. The van der Waals surface area contributed by atoms with Crippen molar-refractivity contribution in [1.82, 2.24) is 4.57 Å². The van der Waals surface area contributed by atoms with Crippen LogP contribution >= 0.6 is 0 Å². The van der Waals surface area contributed by atoms with Gasteiger partial charge in [0.05, 0.1) is 25.5 Å². The number of hydrogen-bond donors (Lipinski definition) is 1.